The Hall–Kier alpha value is -1.69. The molecule has 2 aromatic rings. The van der Waals surface area contributed by atoms with Gasteiger partial charge in [-0.3, -0.25) is 0 Å². The van der Waals surface area contributed by atoms with Crippen molar-refractivity contribution in [3.63, 3.8) is 0 Å². The van der Waals surface area contributed by atoms with E-state index in [1.807, 2.05) is 13.0 Å². The van der Waals surface area contributed by atoms with E-state index in [9.17, 15) is 0 Å². The van der Waals surface area contributed by atoms with Crippen molar-refractivity contribution >= 4 is 11.6 Å². The number of fused-ring (bicyclic) bond motifs is 1. The van der Waals surface area contributed by atoms with E-state index in [0.29, 0.717) is 12.3 Å². The van der Waals surface area contributed by atoms with Crippen LogP contribution in [0.15, 0.2) is 12.4 Å². The monoisotopic (exact) mass is 248 g/mol. The van der Waals surface area contributed by atoms with Crippen LogP contribution in [-0.2, 0) is 0 Å². The Morgan fingerprint density at radius 3 is 2.94 bits per heavy atom. The average molecular weight is 248 g/mol. The largest absolute Gasteiger partial charge is 0.369 e. The van der Waals surface area contributed by atoms with Gasteiger partial charge in [-0.2, -0.15) is 14.6 Å². The molecule has 18 heavy (non-hydrogen) atoms. The standard InChI is InChI=1S/C12H20N6/c1-9-6-10(14-7-12(2,3)4-5-13)18-11(17-9)15-8-16-18/h6,8,14H,4-5,7,13H2,1-3H3. The van der Waals surface area contributed by atoms with E-state index in [-0.39, 0.29) is 5.41 Å². The van der Waals surface area contributed by atoms with E-state index in [1.54, 1.807) is 4.52 Å². The Kier molecular flexibility index (Phi) is 3.47. The minimum Gasteiger partial charge on any atom is -0.369 e. The Morgan fingerprint density at radius 1 is 1.44 bits per heavy atom. The van der Waals surface area contributed by atoms with E-state index in [0.717, 1.165) is 24.5 Å². The lowest BCUT2D eigenvalue weighted by molar-refractivity contribution is 0.364. The maximum Gasteiger partial charge on any atom is 0.254 e. The smallest absolute Gasteiger partial charge is 0.254 e. The van der Waals surface area contributed by atoms with Crippen LogP contribution >= 0.6 is 0 Å². The highest BCUT2D eigenvalue weighted by Crippen LogP contribution is 2.20. The van der Waals surface area contributed by atoms with Crippen molar-refractivity contribution in [1.82, 2.24) is 19.6 Å². The van der Waals surface area contributed by atoms with Crippen molar-refractivity contribution in [2.24, 2.45) is 11.1 Å². The number of nitrogens with one attached hydrogen (secondary N) is 1. The van der Waals surface area contributed by atoms with Crippen LogP contribution in [0.3, 0.4) is 0 Å². The van der Waals surface area contributed by atoms with Gasteiger partial charge >= 0.3 is 0 Å². The molecule has 0 unspecified atom stereocenters. The van der Waals surface area contributed by atoms with Crippen molar-refractivity contribution in [3.8, 4) is 0 Å². The van der Waals surface area contributed by atoms with Gasteiger partial charge in [0, 0.05) is 18.3 Å². The Morgan fingerprint density at radius 2 is 2.22 bits per heavy atom. The van der Waals surface area contributed by atoms with Crippen molar-refractivity contribution in [1.29, 1.82) is 0 Å². The van der Waals surface area contributed by atoms with Gasteiger partial charge in [0.2, 0.25) is 0 Å². The fraction of sp³-hybridized carbons (Fsp3) is 0.583. The molecule has 0 atom stereocenters. The topological polar surface area (TPSA) is 81.1 Å². The molecule has 6 heteroatoms. The molecule has 98 valence electrons. The quantitative estimate of drug-likeness (QED) is 0.831. The number of nitrogens with two attached hydrogens (primary N) is 1. The van der Waals surface area contributed by atoms with Gasteiger partial charge in [-0.15, -0.1) is 0 Å². The van der Waals surface area contributed by atoms with Crippen molar-refractivity contribution in [2.45, 2.75) is 27.2 Å². The lowest BCUT2D eigenvalue weighted by Gasteiger charge is -2.24. The number of nitrogens with zero attached hydrogens (tertiary/aromatic N) is 4. The highest BCUT2D eigenvalue weighted by atomic mass is 15.3. The molecule has 2 aromatic heterocycles. The van der Waals surface area contributed by atoms with Crippen LogP contribution in [0, 0.1) is 12.3 Å². The SMILES string of the molecule is Cc1cc(NCC(C)(C)CCN)n2ncnc2n1. The zero-order valence-corrected chi connectivity index (χ0v) is 11.1. The Balaban J connectivity index is 2.19. The molecule has 3 N–H and O–H groups in total. The molecule has 0 radical (unpaired) electrons. The van der Waals surface area contributed by atoms with E-state index >= 15 is 0 Å². The zero-order valence-electron chi connectivity index (χ0n) is 11.1. The van der Waals surface area contributed by atoms with E-state index in [4.69, 9.17) is 5.73 Å². The molecular formula is C12H20N6. The zero-order chi connectivity index (χ0) is 13.2. The minimum absolute atomic E-state index is 0.152. The summed E-state index contributed by atoms with van der Waals surface area (Å²) in [6.07, 6.45) is 2.49. The van der Waals surface area contributed by atoms with Crippen molar-refractivity contribution in [2.75, 3.05) is 18.4 Å². The van der Waals surface area contributed by atoms with Crippen LogP contribution in [0.4, 0.5) is 5.82 Å². The Labute approximate surface area is 107 Å². The summed E-state index contributed by atoms with van der Waals surface area (Å²) in [5, 5.41) is 7.57. The molecule has 2 rings (SSSR count). The normalized spacial score (nSPS) is 12.0. The summed E-state index contributed by atoms with van der Waals surface area (Å²) in [6.45, 7) is 7.87. The molecule has 0 aliphatic carbocycles. The van der Waals surface area contributed by atoms with Crippen LogP contribution in [0.5, 0.6) is 0 Å². The van der Waals surface area contributed by atoms with Crippen LogP contribution in [0.2, 0.25) is 0 Å². The molecule has 6 nitrogen and oxygen atoms in total. The second kappa shape index (κ2) is 4.89. The molecule has 0 fully saturated rings. The third-order valence-electron chi connectivity index (χ3n) is 2.95. The second-order valence-electron chi connectivity index (χ2n) is 5.31. The van der Waals surface area contributed by atoms with Crippen molar-refractivity contribution < 1.29 is 0 Å². The lowest BCUT2D eigenvalue weighted by atomic mass is 9.89. The van der Waals surface area contributed by atoms with E-state index in [1.165, 1.54) is 6.33 Å². The first kappa shape index (κ1) is 12.8. The number of aromatic nitrogens is 4. The highest BCUT2D eigenvalue weighted by Gasteiger charge is 2.17. The molecule has 0 saturated carbocycles. The fourth-order valence-electron chi connectivity index (χ4n) is 1.87. The number of hydrogen-bond acceptors (Lipinski definition) is 5. The molecule has 0 aliphatic heterocycles. The van der Waals surface area contributed by atoms with Gasteiger partial charge in [0.1, 0.15) is 12.1 Å². The van der Waals surface area contributed by atoms with Gasteiger partial charge < -0.3 is 11.1 Å². The second-order valence-corrected chi connectivity index (χ2v) is 5.31. The summed E-state index contributed by atoms with van der Waals surface area (Å²) in [6, 6.07) is 1.97. The third kappa shape index (κ3) is 2.76. The number of anilines is 1. The maximum atomic E-state index is 5.62. The molecule has 0 saturated heterocycles. The number of aryl methyl sites for hydroxylation is 1. The first-order valence-electron chi connectivity index (χ1n) is 6.13. The van der Waals surface area contributed by atoms with Gasteiger partial charge in [-0.1, -0.05) is 13.8 Å². The highest BCUT2D eigenvalue weighted by molar-refractivity contribution is 5.44. The van der Waals surface area contributed by atoms with E-state index < -0.39 is 0 Å². The average Bonchev–Trinajstić information content (AvgIpc) is 2.73. The summed E-state index contributed by atoms with van der Waals surface area (Å²) in [5.74, 6) is 1.54. The summed E-state index contributed by atoms with van der Waals surface area (Å²) in [4.78, 5) is 8.41. The van der Waals surface area contributed by atoms with Gasteiger partial charge in [-0.25, -0.2) is 4.98 Å². The third-order valence-corrected chi connectivity index (χ3v) is 2.95. The lowest BCUT2D eigenvalue weighted by Crippen LogP contribution is -2.26. The van der Waals surface area contributed by atoms with Gasteiger partial charge in [-0.05, 0) is 25.3 Å². The first-order valence-corrected chi connectivity index (χ1v) is 6.13. The van der Waals surface area contributed by atoms with Crippen LogP contribution in [-0.4, -0.2) is 32.7 Å². The Bertz CT molecular complexity index is 530. The molecule has 0 spiro atoms. The number of rotatable bonds is 5. The molecule has 0 aromatic carbocycles. The summed E-state index contributed by atoms with van der Waals surface area (Å²) < 4.78 is 1.71. The fourth-order valence-corrected chi connectivity index (χ4v) is 1.87. The minimum atomic E-state index is 0.152. The van der Waals surface area contributed by atoms with Crippen LogP contribution in [0.25, 0.3) is 5.78 Å². The molecule has 0 aliphatic rings. The molecule has 0 bridgehead atoms. The molecular weight excluding hydrogens is 228 g/mol. The summed E-state index contributed by atoms with van der Waals surface area (Å²) in [5.41, 5.74) is 6.69. The van der Waals surface area contributed by atoms with Crippen LogP contribution < -0.4 is 11.1 Å². The summed E-state index contributed by atoms with van der Waals surface area (Å²) in [7, 11) is 0. The van der Waals surface area contributed by atoms with Crippen molar-refractivity contribution in [3.05, 3.63) is 18.1 Å². The predicted octanol–water partition coefficient (Wildman–Crippen LogP) is 1.22. The van der Waals surface area contributed by atoms with Gasteiger partial charge in [0.05, 0.1) is 0 Å². The maximum absolute atomic E-state index is 5.62. The molecule has 0 amide bonds. The first-order chi connectivity index (χ1) is 8.52. The van der Waals surface area contributed by atoms with E-state index in [2.05, 4.69) is 34.2 Å². The number of hydrogen-bond donors (Lipinski definition) is 2. The summed E-state index contributed by atoms with van der Waals surface area (Å²) >= 11 is 0. The molecule has 2 heterocycles. The predicted molar refractivity (Wildman–Crippen MR) is 71.5 cm³/mol. The van der Waals surface area contributed by atoms with Crippen LogP contribution in [0.1, 0.15) is 26.0 Å². The van der Waals surface area contributed by atoms with Gasteiger partial charge in [0.25, 0.3) is 5.78 Å². The van der Waals surface area contributed by atoms with Gasteiger partial charge in [0.15, 0.2) is 0 Å².